The highest BCUT2D eigenvalue weighted by atomic mass is 32.2. The van der Waals surface area contributed by atoms with E-state index in [-0.39, 0.29) is 9.80 Å². The summed E-state index contributed by atoms with van der Waals surface area (Å²) in [5.41, 5.74) is 0.606. The fourth-order valence-corrected chi connectivity index (χ4v) is 3.14. The number of hydrogen-bond acceptors (Lipinski definition) is 4. The Hall–Kier alpha value is -2.58. The molecule has 0 amide bonds. The van der Waals surface area contributed by atoms with Crippen LogP contribution in [0.2, 0.25) is 0 Å². The molecule has 0 aliphatic carbocycles. The summed E-state index contributed by atoms with van der Waals surface area (Å²) >= 11 is 0. The van der Waals surface area contributed by atoms with E-state index in [1.807, 2.05) is 6.92 Å². The highest BCUT2D eigenvalue weighted by Crippen LogP contribution is 2.22. The molecule has 0 radical (unpaired) electrons. The van der Waals surface area contributed by atoms with Crippen molar-refractivity contribution in [3.05, 3.63) is 65.1 Å². The van der Waals surface area contributed by atoms with Crippen molar-refractivity contribution in [3.8, 4) is 11.8 Å². The van der Waals surface area contributed by atoms with Gasteiger partial charge >= 0.3 is 0 Å². The van der Waals surface area contributed by atoms with E-state index >= 15 is 0 Å². The Morgan fingerprint density at radius 3 is 2.57 bits per heavy atom. The van der Waals surface area contributed by atoms with Crippen molar-refractivity contribution < 1.29 is 13.2 Å². The van der Waals surface area contributed by atoms with Gasteiger partial charge in [-0.1, -0.05) is 37.3 Å². The molecule has 0 aliphatic heterocycles. The maximum Gasteiger partial charge on any atom is 0.216 e. The number of rotatable bonds is 6. The van der Waals surface area contributed by atoms with Crippen molar-refractivity contribution in [2.75, 3.05) is 6.61 Å². The van der Waals surface area contributed by atoms with Crippen LogP contribution in [0.5, 0.6) is 5.75 Å². The molecule has 0 aromatic heterocycles. The van der Waals surface area contributed by atoms with Gasteiger partial charge in [0.25, 0.3) is 0 Å². The summed E-state index contributed by atoms with van der Waals surface area (Å²) in [6.45, 7) is 2.59. The average Bonchev–Trinajstić information content (AvgIpc) is 2.59. The summed E-state index contributed by atoms with van der Waals surface area (Å²) in [5.74, 6) is 0.648. The van der Waals surface area contributed by atoms with Crippen molar-refractivity contribution in [3.63, 3.8) is 0 Å². The smallest absolute Gasteiger partial charge is 0.216 e. The molecule has 0 aliphatic rings. The minimum absolute atomic E-state index is 0.103. The average molecular weight is 327 g/mol. The van der Waals surface area contributed by atoms with E-state index in [1.165, 1.54) is 18.2 Å². The van der Waals surface area contributed by atoms with Gasteiger partial charge in [-0.25, -0.2) is 8.42 Å². The van der Waals surface area contributed by atoms with Crippen molar-refractivity contribution in [1.82, 2.24) is 0 Å². The van der Waals surface area contributed by atoms with Gasteiger partial charge in [0, 0.05) is 0 Å². The number of nitriles is 1. The standard InChI is InChI=1S/C18H17NO3S/c1-2-11-22-16-8-6-7-15(12-16)13-18(14-19)23(20,21)17-9-4-3-5-10-17/h3-10,12-13H,2,11H2,1H3/b18-13-. The summed E-state index contributed by atoms with van der Waals surface area (Å²) in [4.78, 5) is -0.192. The van der Waals surface area contributed by atoms with Gasteiger partial charge in [0.2, 0.25) is 9.84 Å². The van der Waals surface area contributed by atoms with Crippen LogP contribution in [-0.4, -0.2) is 15.0 Å². The molecule has 0 spiro atoms. The lowest BCUT2D eigenvalue weighted by atomic mass is 10.2. The van der Waals surface area contributed by atoms with Crippen LogP contribution < -0.4 is 4.74 Å². The third-order valence-electron chi connectivity index (χ3n) is 3.08. The van der Waals surface area contributed by atoms with Gasteiger partial charge in [-0.05, 0) is 42.3 Å². The lowest BCUT2D eigenvalue weighted by Crippen LogP contribution is -2.03. The Bertz CT molecular complexity index is 834. The van der Waals surface area contributed by atoms with Crippen LogP contribution in [0.4, 0.5) is 0 Å². The molecule has 0 fully saturated rings. The molecular formula is C18H17NO3S. The highest BCUT2D eigenvalue weighted by Gasteiger charge is 2.20. The molecule has 2 aromatic rings. The summed E-state index contributed by atoms with van der Waals surface area (Å²) in [6.07, 6.45) is 2.24. The summed E-state index contributed by atoms with van der Waals surface area (Å²) in [6, 6.07) is 16.7. The first-order valence-electron chi connectivity index (χ1n) is 7.22. The normalized spacial score (nSPS) is 11.7. The Balaban J connectivity index is 2.38. The fraction of sp³-hybridized carbons (Fsp3) is 0.167. The Morgan fingerprint density at radius 1 is 1.17 bits per heavy atom. The predicted molar refractivity (Wildman–Crippen MR) is 89.4 cm³/mol. The van der Waals surface area contributed by atoms with Gasteiger partial charge in [0.05, 0.1) is 11.5 Å². The third kappa shape index (κ3) is 4.21. The molecule has 2 aromatic carbocycles. The first-order chi connectivity index (χ1) is 11.1. The molecule has 0 unspecified atom stereocenters. The zero-order valence-corrected chi connectivity index (χ0v) is 13.6. The number of allylic oxidation sites excluding steroid dienone is 1. The minimum Gasteiger partial charge on any atom is -0.494 e. The first-order valence-corrected chi connectivity index (χ1v) is 8.71. The highest BCUT2D eigenvalue weighted by molar-refractivity contribution is 7.95. The monoisotopic (exact) mass is 327 g/mol. The first kappa shape index (κ1) is 16.8. The van der Waals surface area contributed by atoms with Crippen molar-refractivity contribution >= 4 is 15.9 Å². The number of sulfone groups is 1. The van der Waals surface area contributed by atoms with E-state index in [4.69, 9.17) is 4.74 Å². The van der Waals surface area contributed by atoms with Gasteiger partial charge < -0.3 is 4.74 Å². The molecule has 0 N–H and O–H groups in total. The van der Waals surface area contributed by atoms with Gasteiger partial charge in [-0.15, -0.1) is 0 Å². The zero-order valence-electron chi connectivity index (χ0n) is 12.8. The summed E-state index contributed by atoms with van der Waals surface area (Å²) in [5, 5.41) is 9.27. The second-order valence-electron chi connectivity index (χ2n) is 4.86. The fourth-order valence-electron chi connectivity index (χ4n) is 1.96. The van der Waals surface area contributed by atoms with Gasteiger partial charge in [-0.3, -0.25) is 0 Å². The second kappa shape index (κ2) is 7.61. The molecular weight excluding hydrogens is 310 g/mol. The predicted octanol–water partition coefficient (Wildman–Crippen LogP) is 3.81. The van der Waals surface area contributed by atoms with E-state index in [0.717, 1.165) is 6.42 Å². The molecule has 4 nitrogen and oxygen atoms in total. The molecule has 5 heteroatoms. The molecule has 0 bridgehead atoms. The van der Waals surface area contributed by atoms with Crippen LogP contribution in [0.15, 0.2) is 64.4 Å². The lowest BCUT2D eigenvalue weighted by Gasteiger charge is -2.06. The van der Waals surface area contributed by atoms with E-state index in [0.29, 0.717) is 17.9 Å². The van der Waals surface area contributed by atoms with Crippen LogP contribution in [0.3, 0.4) is 0 Å². The quantitative estimate of drug-likeness (QED) is 0.757. The lowest BCUT2D eigenvalue weighted by molar-refractivity contribution is 0.317. The number of benzene rings is 2. The zero-order chi connectivity index (χ0) is 16.7. The van der Waals surface area contributed by atoms with Crippen LogP contribution in [0.1, 0.15) is 18.9 Å². The second-order valence-corrected chi connectivity index (χ2v) is 6.78. The van der Waals surface area contributed by atoms with Crippen molar-refractivity contribution in [2.45, 2.75) is 18.2 Å². The minimum atomic E-state index is -3.82. The third-order valence-corrected chi connectivity index (χ3v) is 4.76. The van der Waals surface area contributed by atoms with Gasteiger partial charge in [0.15, 0.2) is 0 Å². The molecule has 2 rings (SSSR count). The molecule has 0 saturated carbocycles. The number of ether oxygens (including phenoxy) is 1. The maximum atomic E-state index is 12.5. The molecule has 0 saturated heterocycles. The van der Waals surface area contributed by atoms with Crippen LogP contribution in [0, 0.1) is 11.3 Å². The van der Waals surface area contributed by atoms with E-state index in [2.05, 4.69) is 0 Å². The van der Waals surface area contributed by atoms with E-state index < -0.39 is 9.84 Å². The van der Waals surface area contributed by atoms with Crippen molar-refractivity contribution in [2.24, 2.45) is 0 Å². The number of hydrogen-bond donors (Lipinski definition) is 0. The van der Waals surface area contributed by atoms with Gasteiger partial charge in [0.1, 0.15) is 16.7 Å². The van der Waals surface area contributed by atoms with E-state index in [1.54, 1.807) is 48.5 Å². The largest absolute Gasteiger partial charge is 0.494 e. The molecule has 118 valence electrons. The van der Waals surface area contributed by atoms with Crippen LogP contribution in [0.25, 0.3) is 6.08 Å². The molecule has 23 heavy (non-hydrogen) atoms. The Labute approximate surface area is 136 Å². The molecule has 0 atom stereocenters. The summed E-state index contributed by atoms with van der Waals surface area (Å²) < 4.78 is 30.5. The maximum absolute atomic E-state index is 12.5. The van der Waals surface area contributed by atoms with E-state index in [9.17, 15) is 13.7 Å². The number of nitrogens with zero attached hydrogens (tertiary/aromatic N) is 1. The van der Waals surface area contributed by atoms with Crippen LogP contribution in [-0.2, 0) is 9.84 Å². The summed E-state index contributed by atoms with van der Waals surface area (Å²) in [7, 11) is -3.82. The Kier molecular flexibility index (Phi) is 5.56. The van der Waals surface area contributed by atoms with Crippen LogP contribution >= 0.6 is 0 Å². The molecule has 0 heterocycles. The van der Waals surface area contributed by atoms with Crippen molar-refractivity contribution in [1.29, 1.82) is 5.26 Å². The SMILES string of the molecule is CCCOc1cccc(/C=C(/C#N)S(=O)(=O)c2ccccc2)c1. The Morgan fingerprint density at radius 2 is 1.91 bits per heavy atom. The van der Waals surface area contributed by atoms with Gasteiger partial charge in [-0.2, -0.15) is 5.26 Å². The topological polar surface area (TPSA) is 67.2 Å².